The zero-order valence-corrected chi connectivity index (χ0v) is 15.0. The highest BCUT2D eigenvalue weighted by atomic mass is 15.4. The molecule has 0 aliphatic heterocycles. The Kier molecular flexibility index (Phi) is 3.88. The number of nitrogens with zero attached hydrogens (tertiary/aromatic N) is 4. The number of hydrazone groups is 1. The molecule has 130 valence electrons. The van der Waals surface area contributed by atoms with Crippen molar-refractivity contribution < 1.29 is 0 Å². The van der Waals surface area contributed by atoms with E-state index >= 15 is 0 Å². The molecule has 0 saturated carbocycles. The number of hydrogen-bond acceptors (Lipinski definition) is 5. The van der Waals surface area contributed by atoms with Crippen LogP contribution in [0.3, 0.4) is 0 Å². The summed E-state index contributed by atoms with van der Waals surface area (Å²) < 4.78 is 0. The summed E-state index contributed by atoms with van der Waals surface area (Å²) in [6, 6.07) is 16.3. The van der Waals surface area contributed by atoms with Crippen LogP contribution in [0.15, 0.2) is 53.6 Å². The summed E-state index contributed by atoms with van der Waals surface area (Å²) >= 11 is 0. The van der Waals surface area contributed by atoms with Crippen molar-refractivity contribution in [2.24, 2.45) is 5.10 Å². The van der Waals surface area contributed by atoms with Gasteiger partial charge < -0.3 is 4.98 Å². The molecule has 0 amide bonds. The van der Waals surface area contributed by atoms with Gasteiger partial charge in [0.15, 0.2) is 5.65 Å². The smallest absolute Gasteiger partial charge is 0.265 e. The van der Waals surface area contributed by atoms with Crippen LogP contribution in [-0.4, -0.2) is 26.4 Å². The van der Waals surface area contributed by atoms with Gasteiger partial charge in [0.25, 0.3) is 5.95 Å². The molecule has 0 aliphatic carbocycles. The van der Waals surface area contributed by atoms with Gasteiger partial charge in [-0.3, -0.25) is 0 Å². The molecule has 0 atom stereocenters. The number of aromatic amines is 1. The van der Waals surface area contributed by atoms with Gasteiger partial charge in [-0.1, -0.05) is 63.2 Å². The Hall–Kier alpha value is -3.28. The summed E-state index contributed by atoms with van der Waals surface area (Å²) in [4.78, 5) is 7.68. The minimum atomic E-state index is 0.141. The normalized spacial score (nSPS) is 12.3. The summed E-state index contributed by atoms with van der Waals surface area (Å²) in [5.74, 6) is 0.353. The molecular formula is C20H20N6. The second kappa shape index (κ2) is 6.22. The minimum absolute atomic E-state index is 0.141. The molecule has 6 nitrogen and oxygen atoms in total. The van der Waals surface area contributed by atoms with E-state index in [2.05, 4.69) is 63.6 Å². The van der Waals surface area contributed by atoms with Crippen molar-refractivity contribution in [2.75, 3.05) is 5.43 Å². The van der Waals surface area contributed by atoms with E-state index in [1.54, 1.807) is 6.21 Å². The third kappa shape index (κ3) is 3.13. The molecule has 4 rings (SSSR count). The SMILES string of the molecule is CC(C)(C)c1ccc(/C=N/Nc2nnc3c(n2)[nH]c2ccccc23)cc1. The Balaban J connectivity index is 1.52. The number of H-pyrrole nitrogens is 1. The number of hydrogen-bond donors (Lipinski definition) is 2. The van der Waals surface area contributed by atoms with Crippen molar-refractivity contribution in [3.63, 3.8) is 0 Å². The van der Waals surface area contributed by atoms with Crippen LogP contribution >= 0.6 is 0 Å². The Labute approximate surface area is 151 Å². The lowest BCUT2D eigenvalue weighted by Crippen LogP contribution is -2.10. The van der Waals surface area contributed by atoms with Gasteiger partial charge in [-0.05, 0) is 22.6 Å². The first kappa shape index (κ1) is 16.2. The Morgan fingerprint density at radius 3 is 2.54 bits per heavy atom. The molecular weight excluding hydrogens is 324 g/mol. The summed E-state index contributed by atoms with van der Waals surface area (Å²) in [6.07, 6.45) is 1.74. The van der Waals surface area contributed by atoms with E-state index in [1.807, 2.05) is 36.4 Å². The van der Waals surface area contributed by atoms with Gasteiger partial charge in [-0.15, -0.1) is 10.2 Å². The minimum Gasteiger partial charge on any atom is -0.338 e. The standard InChI is InChI=1S/C20H20N6/c1-20(2,3)14-10-8-13(9-11-14)12-21-25-19-23-18-17(24-26-19)15-6-4-5-7-16(15)22-18/h4-12H,1-3H3,(H2,22,23,25,26)/b21-12+. The zero-order chi connectivity index (χ0) is 18.1. The predicted octanol–water partition coefficient (Wildman–Crippen LogP) is 4.25. The third-order valence-electron chi connectivity index (χ3n) is 4.28. The highest BCUT2D eigenvalue weighted by Crippen LogP contribution is 2.22. The van der Waals surface area contributed by atoms with Gasteiger partial charge >= 0.3 is 0 Å². The number of anilines is 1. The maximum absolute atomic E-state index is 4.44. The lowest BCUT2D eigenvalue weighted by molar-refractivity contribution is 0.590. The van der Waals surface area contributed by atoms with Crippen LogP contribution in [-0.2, 0) is 5.41 Å². The average Bonchev–Trinajstić information content (AvgIpc) is 2.99. The second-order valence-corrected chi connectivity index (χ2v) is 7.25. The fourth-order valence-corrected chi connectivity index (χ4v) is 2.80. The molecule has 6 heteroatoms. The van der Waals surface area contributed by atoms with E-state index in [4.69, 9.17) is 0 Å². The summed E-state index contributed by atoms with van der Waals surface area (Å²) in [5, 5.41) is 13.6. The van der Waals surface area contributed by atoms with Crippen LogP contribution in [0.2, 0.25) is 0 Å². The van der Waals surface area contributed by atoms with Crippen LogP contribution in [0.5, 0.6) is 0 Å². The molecule has 0 fully saturated rings. The molecule has 0 radical (unpaired) electrons. The lowest BCUT2D eigenvalue weighted by atomic mass is 9.87. The van der Waals surface area contributed by atoms with E-state index in [1.165, 1.54) is 5.56 Å². The highest BCUT2D eigenvalue weighted by Gasteiger charge is 2.12. The second-order valence-electron chi connectivity index (χ2n) is 7.25. The van der Waals surface area contributed by atoms with Crippen molar-refractivity contribution in [2.45, 2.75) is 26.2 Å². The number of nitrogens with one attached hydrogen (secondary N) is 2. The van der Waals surface area contributed by atoms with E-state index in [-0.39, 0.29) is 5.41 Å². The number of para-hydroxylation sites is 1. The van der Waals surface area contributed by atoms with Gasteiger partial charge in [0.1, 0.15) is 5.52 Å². The highest BCUT2D eigenvalue weighted by molar-refractivity contribution is 6.03. The molecule has 26 heavy (non-hydrogen) atoms. The molecule has 2 aromatic carbocycles. The van der Waals surface area contributed by atoms with Crippen LogP contribution in [0.4, 0.5) is 5.95 Å². The van der Waals surface area contributed by atoms with Gasteiger partial charge in [0.05, 0.1) is 6.21 Å². The molecule has 2 aromatic heterocycles. The molecule has 0 spiro atoms. The summed E-state index contributed by atoms with van der Waals surface area (Å²) in [5.41, 5.74) is 7.71. The van der Waals surface area contributed by atoms with Crippen LogP contribution < -0.4 is 5.43 Å². The molecule has 0 bridgehead atoms. The molecule has 0 unspecified atom stereocenters. The van der Waals surface area contributed by atoms with E-state index < -0.39 is 0 Å². The molecule has 0 aliphatic rings. The van der Waals surface area contributed by atoms with Crippen molar-refractivity contribution >= 4 is 34.2 Å². The zero-order valence-electron chi connectivity index (χ0n) is 15.0. The molecule has 4 aromatic rings. The largest absolute Gasteiger partial charge is 0.338 e. The third-order valence-corrected chi connectivity index (χ3v) is 4.28. The number of rotatable bonds is 3. The van der Waals surface area contributed by atoms with Crippen LogP contribution in [0, 0.1) is 0 Å². The summed E-state index contributed by atoms with van der Waals surface area (Å²) in [6.45, 7) is 6.59. The first-order valence-electron chi connectivity index (χ1n) is 8.51. The maximum Gasteiger partial charge on any atom is 0.265 e. The fourth-order valence-electron chi connectivity index (χ4n) is 2.80. The molecule has 2 heterocycles. The van der Waals surface area contributed by atoms with Gasteiger partial charge in [0, 0.05) is 10.9 Å². The first-order chi connectivity index (χ1) is 12.5. The van der Waals surface area contributed by atoms with Crippen LogP contribution in [0.1, 0.15) is 31.9 Å². The first-order valence-corrected chi connectivity index (χ1v) is 8.51. The lowest BCUT2D eigenvalue weighted by Gasteiger charge is -2.18. The van der Waals surface area contributed by atoms with Gasteiger partial charge in [-0.2, -0.15) is 10.1 Å². The predicted molar refractivity (Wildman–Crippen MR) is 106 cm³/mol. The Morgan fingerprint density at radius 1 is 1.00 bits per heavy atom. The number of benzene rings is 2. The van der Waals surface area contributed by atoms with Gasteiger partial charge in [-0.25, -0.2) is 5.43 Å². The Bertz CT molecular complexity index is 1090. The fraction of sp³-hybridized carbons (Fsp3) is 0.200. The average molecular weight is 344 g/mol. The van der Waals surface area contributed by atoms with E-state index in [9.17, 15) is 0 Å². The monoisotopic (exact) mass is 344 g/mol. The van der Waals surface area contributed by atoms with Gasteiger partial charge in [0.2, 0.25) is 0 Å². The quantitative estimate of drug-likeness (QED) is 0.430. The van der Waals surface area contributed by atoms with Crippen molar-refractivity contribution in [1.29, 1.82) is 0 Å². The van der Waals surface area contributed by atoms with Crippen molar-refractivity contribution in [3.8, 4) is 0 Å². The van der Waals surface area contributed by atoms with E-state index in [0.29, 0.717) is 11.6 Å². The number of aromatic nitrogens is 4. The number of fused-ring (bicyclic) bond motifs is 3. The molecule has 2 N–H and O–H groups in total. The van der Waals surface area contributed by atoms with E-state index in [0.717, 1.165) is 22.0 Å². The van der Waals surface area contributed by atoms with Crippen molar-refractivity contribution in [1.82, 2.24) is 20.2 Å². The molecule has 0 saturated heterocycles. The Morgan fingerprint density at radius 2 is 1.77 bits per heavy atom. The summed E-state index contributed by atoms with van der Waals surface area (Å²) in [7, 11) is 0. The van der Waals surface area contributed by atoms with Crippen LogP contribution in [0.25, 0.3) is 22.1 Å². The maximum atomic E-state index is 4.44. The van der Waals surface area contributed by atoms with Crippen molar-refractivity contribution in [3.05, 3.63) is 59.7 Å². The topological polar surface area (TPSA) is 78.8 Å².